The summed E-state index contributed by atoms with van der Waals surface area (Å²) in [7, 11) is 1.72. The van der Waals surface area contributed by atoms with Crippen molar-refractivity contribution in [2.45, 2.75) is 45.4 Å². The lowest BCUT2D eigenvalue weighted by atomic mass is 9.81. The average molecular weight is 290 g/mol. The van der Waals surface area contributed by atoms with E-state index in [1.54, 1.807) is 7.05 Å². The quantitative estimate of drug-likeness (QED) is 0.874. The summed E-state index contributed by atoms with van der Waals surface area (Å²) < 4.78 is 0. The zero-order valence-electron chi connectivity index (χ0n) is 13.2. The molecule has 1 aliphatic carbocycles. The van der Waals surface area contributed by atoms with Crippen LogP contribution in [0.2, 0.25) is 0 Å². The van der Waals surface area contributed by atoms with E-state index in [0.717, 1.165) is 37.8 Å². The maximum absolute atomic E-state index is 11.6. The van der Waals surface area contributed by atoms with Crippen LogP contribution in [0.25, 0.3) is 0 Å². The van der Waals surface area contributed by atoms with Crippen molar-refractivity contribution in [1.82, 2.24) is 15.3 Å². The molecule has 1 saturated carbocycles. The Kier molecular flexibility index (Phi) is 5.53. The number of rotatable bonds is 5. The summed E-state index contributed by atoms with van der Waals surface area (Å²) in [5.74, 6) is 2.16. The molecule has 21 heavy (non-hydrogen) atoms. The molecule has 0 unspecified atom stereocenters. The number of nitrogens with zero attached hydrogens (tertiary/aromatic N) is 2. The predicted octanol–water partition coefficient (Wildman–Crippen LogP) is 2.56. The van der Waals surface area contributed by atoms with Gasteiger partial charge in [0.25, 0.3) is 0 Å². The number of hydrogen-bond donors (Lipinski definition) is 2. The lowest BCUT2D eigenvalue weighted by Gasteiger charge is -2.27. The first-order chi connectivity index (χ1) is 10.1. The van der Waals surface area contributed by atoms with Gasteiger partial charge in [0.05, 0.1) is 0 Å². The van der Waals surface area contributed by atoms with Crippen molar-refractivity contribution < 1.29 is 4.79 Å². The Balaban J connectivity index is 1.75. The molecule has 1 aromatic heterocycles. The Morgan fingerprint density at radius 2 is 1.86 bits per heavy atom. The summed E-state index contributed by atoms with van der Waals surface area (Å²) in [6, 6.07) is 0. The van der Waals surface area contributed by atoms with Crippen molar-refractivity contribution >= 4 is 11.9 Å². The van der Waals surface area contributed by atoms with Crippen LogP contribution >= 0.6 is 0 Å². The molecule has 0 radical (unpaired) electrons. The number of nitrogens with one attached hydrogen (secondary N) is 2. The van der Waals surface area contributed by atoms with Crippen molar-refractivity contribution in [3.05, 3.63) is 18.0 Å². The summed E-state index contributed by atoms with van der Waals surface area (Å²) >= 11 is 0. The van der Waals surface area contributed by atoms with Crippen molar-refractivity contribution in [1.29, 1.82) is 0 Å². The van der Waals surface area contributed by atoms with E-state index in [2.05, 4.69) is 34.4 Å². The predicted molar refractivity (Wildman–Crippen MR) is 84.1 cm³/mol. The van der Waals surface area contributed by atoms with Crippen LogP contribution in [-0.2, 0) is 4.79 Å². The minimum absolute atomic E-state index is 0.189. The Bertz CT molecular complexity index is 450. The second kappa shape index (κ2) is 7.38. The first-order valence-electron chi connectivity index (χ1n) is 7.87. The molecule has 0 aromatic carbocycles. The molecule has 1 amide bonds. The number of amides is 1. The molecule has 0 bridgehead atoms. The van der Waals surface area contributed by atoms with Crippen molar-refractivity contribution in [2.75, 3.05) is 18.9 Å². The molecule has 1 heterocycles. The largest absolute Gasteiger partial charge is 0.359 e. The van der Waals surface area contributed by atoms with E-state index in [1.807, 2.05) is 12.4 Å². The minimum Gasteiger partial charge on any atom is -0.359 e. The van der Waals surface area contributed by atoms with Crippen LogP contribution in [0.5, 0.6) is 0 Å². The molecule has 0 spiro atoms. The molecule has 5 heteroatoms. The second-order valence-corrected chi connectivity index (χ2v) is 6.21. The highest BCUT2D eigenvalue weighted by atomic mass is 16.1. The first kappa shape index (κ1) is 15.7. The number of carbonyl (C=O) groups excluding carboxylic acids is 1. The monoisotopic (exact) mass is 290 g/mol. The van der Waals surface area contributed by atoms with E-state index in [9.17, 15) is 4.79 Å². The maximum atomic E-state index is 11.6. The van der Waals surface area contributed by atoms with E-state index in [4.69, 9.17) is 0 Å². The Hall–Kier alpha value is -1.65. The van der Waals surface area contributed by atoms with Gasteiger partial charge in [-0.1, -0.05) is 13.8 Å². The standard InChI is InChI=1S/C16H26N4O/c1-11(2)14-9-19-16(20-10-14)18-8-12-4-6-13(7-5-12)15(21)17-3/h9-13H,4-8H2,1-3H3,(H,17,21)(H,18,19,20). The highest BCUT2D eigenvalue weighted by Crippen LogP contribution is 2.28. The third-order valence-electron chi connectivity index (χ3n) is 4.35. The zero-order valence-corrected chi connectivity index (χ0v) is 13.2. The number of aromatic nitrogens is 2. The number of anilines is 1. The number of carbonyl (C=O) groups is 1. The topological polar surface area (TPSA) is 66.9 Å². The van der Waals surface area contributed by atoms with Crippen LogP contribution < -0.4 is 10.6 Å². The van der Waals surface area contributed by atoms with Crippen LogP contribution in [0, 0.1) is 11.8 Å². The fraction of sp³-hybridized carbons (Fsp3) is 0.688. The van der Waals surface area contributed by atoms with E-state index in [-0.39, 0.29) is 11.8 Å². The van der Waals surface area contributed by atoms with Gasteiger partial charge in [0.15, 0.2) is 0 Å². The molecule has 2 rings (SSSR count). The van der Waals surface area contributed by atoms with Gasteiger partial charge in [-0.15, -0.1) is 0 Å². The third-order valence-corrected chi connectivity index (χ3v) is 4.35. The summed E-state index contributed by atoms with van der Waals surface area (Å²) in [6.45, 7) is 5.16. The van der Waals surface area contributed by atoms with Crippen LogP contribution in [-0.4, -0.2) is 29.5 Å². The maximum Gasteiger partial charge on any atom is 0.222 e. The van der Waals surface area contributed by atoms with E-state index >= 15 is 0 Å². The molecule has 0 saturated heterocycles. The Morgan fingerprint density at radius 3 is 2.38 bits per heavy atom. The molecular weight excluding hydrogens is 264 g/mol. The Morgan fingerprint density at radius 1 is 1.24 bits per heavy atom. The van der Waals surface area contributed by atoms with Gasteiger partial charge in [-0.05, 0) is 43.1 Å². The normalized spacial score (nSPS) is 22.1. The van der Waals surface area contributed by atoms with Crippen molar-refractivity contribution in [3.63, 3.8) is 0 Å². The Labute approximate surface area is 127 Å². The summed E-state index contributed by atoms with van der Waals surface area (Å²) in [5, 5.41) is 6.06. The molecule has 5 nitrogen and oxygen atoms in total. The zero-order chi connectivity index (χ0) is 15.2. The van der Waals surface area contributed by atoms with Gasteiger partial charge in [-0.3, -0.25) is 4.79 Å². The van der Waals surface area contributed by atoms with Crippen LogP contribution in [0.3, 0.4) is 0 Å². The molecule has 116 valence electrons. The lowest BCUT2D eigenvalue weighted by molar-refractivity contribution is -0.125. The SMILES string of the molecule is CNC(=O)C1CCC(CNc2ncc(C(C)C)cn2)CC1. The molecule has 0 aliphatic heterocycles. The summed E-state index contributed by atoms with van der Waals surface area (Å²) in [5.41, 5.74) is 1.16. The van der Waals surface area contributed by atoms with E-state index in [0.29, 0.717) is 17.8 Å². The summed E-state index contributed by atoms with van der Waals surface area (Å²) in [4.78, 5) is 20.3. The molecular formula is C16H26N4O. The molecule has 1 aromatic rings. The van der Waals surface area contributed by atoms with Crippen LogP contribution in [0.1, 0.15) is 51.0 Å². The third kappa shape index (κ3) is 4.41. The smallest absolute Gasteiger partial charge is 0.222 e. The van der Waals surface area contributed by atoms with Gasteiger partial charge >= 0.3 is 0 Å². The van der Waals surface area contributed by atoms with Gasteiger partial charge in [0.2, 0.25) is 11.9 Å². The van der Waals surface area contributed by atoms with Crippen LogP contribution in [0.4, 0.5) is 5.95 Å². The van der Waals surface area contributed by atoms with E-state index < -0.39 is 0 Å². The molecule has 0 atom stereocenters. The molecule has 1 fully saturated rings. The molecule has 2 N–H and O–H groups in total. The van der Waals surface area contributed by atoms with Gasteiger partial charge in [-0.2, -0.15) is 0 Å². The van der Waals surface area contributed by atoms with E-state index in [1.165, 1.54) is 0 Å². The lowest BCUT2D eigenvalue weighted by Crippen LogP contribution is -2.32. The van der Waals surface area contributed by atoms with Crippen LogP contribution in [0.15, 0.2) is 12.4 Å². The molecule has 1 aliphatic rings. The van der Waals surface area contributed by atoms with Gasteiger partial charge < -0.3 is 10.6 Å². The summed E-state index contributed by atoms with van der Waals surface area (Å²) in [6.07, 6.45) is 7.94. The highest BCUT2D eigenvalue weighted by Gasteiger charge is 2.25. The number of hydrogen-bond acceptors (Lipinski definition) is 4. The van der Waals surface area contributed by atoms with Gasteiger partial charge in [-0.25, -0.2) is 9.97 Å². The second-order valence-electron chi connectivity index (χ2n) is 6.21. The van der Waals surface area contributed by atoms with Gasteiger partial charge in [0, 0.05) is 31.9 Å². The highest BCUT2D eigenvalue weighted by molar-refractivity contribution is 5.78. The minimum atomic E-state index is 0.189. The average Bonchev–Trinajstić information content (AvgIpc) is 2.53. The van der Waals surface area contributed by atoms with Crippen molar-refractivity contribution in [3.8, 4) is 0 Å². The van der Waals surface area contributed by atoms with Crippen molar-refractivity contribution in [2.24, 2.45) is 11.8 Å². The fourth-order valence-electron chi connectivity index (χ4n) is 2.80. The fourth-order valence-corrected chi connectivity index (χ4v) is 2.80. The van der Waals surface area contributed by atoms with Gasteiger partial charge in [0.1, 0.15) is 0 Å². The first-order valence-corrected chi connectivity index (χ1v) is 7.87.